The molecule has 1 aromatic heterocycles. The zero-order chi connectivity index (χ0) is 21.8. The zero-order valence-corrected chi connectivity index (χ0v) is 17.8. The number of aromatic nitrogens is 2. The van der Waals surface area contributed by atoms with Crippen molar-refractivity contribution in [3.8, 4) is 5.75 Å². The van der Waals surface area contributed by atoms with Crippen LogP contribution in [0.15, 0.2) is 48.5 Å². The van der Waals surface area contributed by atoms with Crippen molar-refractivity contribution >= 4 is 22.8 Å². The maximum atomic E-state index is 12.4. The number of amides is 2. The molecule has 0 saturated carbocycles. The van der Waals surface area contributed by atoms with E-state index in [0.717, 1.165) is 41.9 Å². The molecule has 0 aliphatic carbocycles. The molecule has 2 aromatic carbocycles. The normalized spacial score (nSPS) is 14.7. The number of carbonyl (C=O) groups is 2. The summed E-state index contributed by atoms with van der Waals surface area (Å²) in [6.07, 6.45) is 2.75. The molecule has 7 nitrogen and oxygen atoms in total. The molecule has 0 radical (unpaired) electrons. The van der Waals surface area contributed by atoms with Gasteiger partial charge in [0.05, 0.1) is 18.1 Å². The van der Waals surface area contributed by atoms with Gasteiger partial charge in [-0.25, -0.2) is 4.98 Å². The van der Waals surface area contributed by atoms with Crippen LogP contribution in [0.3, 0.4) is 0 Å². The number of imidazole rings is 1. The third kappa shape index (κ3) is 4.71. The molecule has 3 aromatic rings. The molecule has 2 N–H and O–H groups in total. The van der Waals surface area contributed by atoms with Crippen molar-refractivity contribution in [2.24, 2.45) is 5.73 Å². The molecule has 31 heavy (non-hydrogen) atoms. The van der Waals surface area contributed by atoms with E-state index in [-0.39, 0.29) is 24.8 Å². The number of hydrogen-bond donors (Lipinski definition) is 1. The first kappa shape index (κ1) is 20.9. The number of ether oxygens (including phenoxy) is 1. The first-order valence-electron chi connectivity index (χ1n) is 10.7. The molecule has 7 heteroatoms. The van der Waals surface area contributed by atoms with Gasteiger partial charge < -0.3 is 19.9 Å². The van der Waals surface area contributed by atoms with Gasteiger partial charge in [0.15, 0.2) is 0 Å². The second kappa shape index (κ2) is 9.20. The van der Waals surface area contributed by atoms with Crippen LogP contribution in [0.5, 0.6) is 5.75 Å². The molecule has 1 fully saturated rings. The SMILES string of the molecule is COc1ccc(Cc2nc3ccccc3n2C2CCN(C(=O)CCC(N)=O)CC2)cc1. The maximum absolute atomic E-state index is 12.4. The second-order valence-corrected chi connectivity index (χ2v) is 7.99. The van der Waals surface area contributed by atoms with Gasteiger partial charge in [-0.2, -0.15) is 0 Å². The van der Waals surface area contributed by atoms with E-state index in [0.29, 0.717) is 13.1 Å². The number of benzene rings is 2. The van der Waals surface area contributed by atoms with E-state index >= 15 is 0 Å². The second-order valence-electron chi connectivity index (χ2n) is 7.99. The zero-order valence-electron chi connectivity index (χ0n) is 17.8. The largest absolute Gasteiger partial charge is 0.497 e. The Balaban J connectivity index is 1.53. The van der Waals surface area contributed by atoms with Gasteiger partial charge in [-0.3, -0.25) is 9.59 Å². The van der Waals surface area contributed by atoms with Gasteiger partial charge in [0.25, 0.3) is 0 Å². The van der Waals surface area contributed by atoms with Crippen molar-refractivity contribution < 1.29 is 14.3 Å². The fourth-order valence-corrected chi connectivity index (χ4v) is 4.31. The van der Waals surface area contributed by atoms with E-state index < -0.39 is 5.91 Å². The van der Waals surface area contributed by atoms with Crippen LogP contribution in [0.2, 0.25) is 0 Å². The number of piperidine rings is 1. The minimum atomic E-state index is -0.434. The van der Waals surface area contributed by atoms with E-state index in [1.165, 1.54) is 5.56 Å². The monoisotopic (exact) mass is 420 g/mol. The third-order valence-electron chi connectivity index (χ3n) is 5.96. The summed E-state index contributed by atoms with van der Waals surface area (Å²) < 4.78 is 7.62. The summed E-state index contributed by atoms with van der Waals surface area (Å²) in [6, 6.07) is 16.6. The first-order valence-corrected chi connectivity index (χ1v) is 10.7. The van der Waals surface area contributed by atoms with Crippen molar-refractivity contribution in [3.05, 3.63) is 59.9 Å². The van der Waals surface area contributed by atoms with Gasteiger partial charge in [-0.05, 0) is 42.7 Å². The molecule has 0 spiro atoms. The van der Waals surface area contributed by atoms with Gasteiger partial charge in [0, 0.05) is 38.4 Å². The number of fused-ring (bicyclic) bond motifs is 1. The summed E-state index contributed by atoms with van der Waals surface area (Å²) in [6.45, 7) is 1.35. The van der Waals surface area contributed by atoms with E-state index in [2.05, 4.69) is 22.8 Å². The molecule has 0 bridgehead atoms. The number of hydrogen-bond acceptors (Lipinski definition) is 4. The van der Waals surface area contributed by atoms with Gasteiger partial charge in [0.2, 0.25) is 11.8 Å². The Morgan fingerprint density at radius 2 is 1.77 bits per heavy atom. The summed E-state index contributed by atoms with van der Waals surface area (Å²) in [5.41, 5.74) is 8.48. The predicted octanol–water partition coefficient (Wildman–Crippen LogP) is 3.06. The average molecular weight is 421 g/mol. The molecule has 1 aliphatic heterocycles. The lowest BCUT2D eigenvalue weighted by Crippen LogP contribution is -2.39. The predicted molar refractivity (Wildman–Crippen MR) is 119 cm³/mol. The lowest BCUT2D eigenvalue weighted by atomic mass is 10.0. The van der Waals surface area contributed by atoms with Crippen LogP contribution >= 0.6 is 0 Å². The summed E-state index contributed by atoms with van der Waals surface area (Å²) in [4.78, 5) is 30.1. The smallest absolute Gasteiger partial charge is 0.223 e. The number of likely N-dealkylation sites (tertiary alicyclic amines) is 1. The Kier molecular flexibility index (Phi) is 6.21. The van der Waals surface area contributed by atoms with Gasteiger partial charge in [-0.15, -0.1) is 0 Å². The highest BCUT2D eigenvalue weighted by Gasteiger charge is 2.26. The highest BCUT2D eigenvalue weighted by atomic mass is 16.5. The molecule has 0 unspecified atom stereocenters. The Morgan fingerprint density at radius 3 is 2.45 bits per heavy atom. The number of primary amides is 1. The molecular weight excluding hydrogens is 392 g/mol. The molecule has 1 saturated heterocycles. The lowest BCUT2D eigenvalue weighted by molar-refractivity contribution is -0.134. The number of carbonyl (C=O) groups excluding carboxylic acids is 2. The van der Waals surface area contributed by atoms with E-state index in [1.54, 1.807) is 7.11 Å². The first-order chi connectivity index (χ1) is 15.0. The van der Waals surface area contributed by atoms with Gasteiger partial charge in [-0.1, -0.05) is 24.3 Å². The topological polar surface area (TPSA) is 90.4 Å². The van der Waals surface area contributed by atoms with Crippen molar-refractivity contribution in [3.63, 3.8) is 0 Å². The van der Waals surface area contributed by atoms with Crippen LogP contribution in [-0.2, 0) is 16.0 Å². The number of nitrogens with two attached hydrogens (primary N) is 1. The Hall–Kier alpha value is -3.35. The van der Waals surface area contributed by atoms with E-state index in [1.807, 2.05) is 35.2 Å². The minimum absolute atomic E-state index is 0.00574. The number of para-hydroxylation sites is 2. The minimum Gasteiger partial charge on any atom is -0.497 e. The van der Waals surface area contributed by atoms with E-state index in [4.69, 9.17) is 15.5 Å². The quantitative estimate of drug-likeness (QED) is 0.636. The summed E-state index contributed by atoms with van der Waals surface area (Å²) in [5.74, 6) is 1.44. The van der Waals surface area contributed by atoms with Crippen LogP contribution < -0.4 is 10.5 Å². The number of rotatable bonds is 7. The highest BCUT2D eigenvalue weighted by molar-refractivity contribution is 5.83. The van der Waals surface area contributed by atoms with Crippen LogP contribution in [0, 0.1) is 0 Å². The molecule has 2 heterocycles. The van der Waals surface area contributed by atoms with Crippen LogP contribution in [0.1, 0.15) is 43.1 Å². The number of nitrogens with zero attached hydrogens (tertiary/aromatic N) is 3. The molecule has 162 valence electrons. The van der Waals surface area contributed by atoms with Crippen molar-refractivity contribution in [1.29, 1.82) is 0 Å². The standard InChI is InChI=1S/C24H28N4O3/c1-31-19-8-6-17(7-9-19)16-23-26-20-4-2-3-5-21(20)28(23)18-12-14-27(15-13-18)24(30)11-10-22(25)29/h2-9,18H,10-16H2,1H3,(H2,25,29). The number of methoxy groups -OCH3 is 1. The van der Waals surface area contributed by atoms with Crippen LogP contribution in [-0.4, -0.2) is 46.5 Å². The average Bonchev–Trinajstić information content (AvgIpc) is 3.15. The Bertz CT molecular complexity index is 1070. The molecular formula is C24H28N4O3. The molecule has 1 aliphatic rings. The lowest BCUT2D eigenvalue weighted by Gasteiger charge is -2.33. The Morgan fingerprint density at radius 1 is 1.06 bits per heavy atom. The third-order valence-corrected chi connectivity index (χ3v) is 5.96. The van der Waals surface area contributed by atoms with Crippen LogP contribution in [0.4, 0.5) is 0 Å². The van der Waals surface area contributed by atoms with Crippen molar-refractivity contribution in [2.75, 3.05) is 20.2 Å². The van der Waals surface area contributed by atoms with Gasteiger partial charge >= 0.3 is 0 Å². The highest BCUT2D eigenvalue weighted by Crippen LogP contribution is 2.30. The van der Waals surface area contributed by atoms with Crippen molar-refractivity contribution in [2.45, 2.75) is 38.1 Å². The van der Waals surface area contributed by atoms with Crippen LogP contribution in [0.25, 0.3) is 11.0 Å². The molecule has 2 amide bonds. The molecule has 0 atom stereocenters. The fourth-order valence-electron chi connectivity index (χ4n) is 4.31. The summed E-state index contributed by atoms with van der Waals surface area (Å²) >= 11 is 0. The molecule has 4 rings (SSSR count). The maximum Gasteiger partial charge on any atom is 0.223 e. The Labute approximate surface area is 181 Å². The fraction of sp³-hybridized carbons (Fsp3) is 0.375. The summed E-state index contributed by atoms with van der Waals surface area (Å²) in [7, 11) is 1.67. The summed E-state index contributed by atoms with van der Waals surface area (Å²) in [5, 5.41) is 0. The van der Waals surface area contributed by atoms with Gasteiger partial charge in [0.1, 0.15) is 11.6 Å². The van der Waals surface area contributed by atoms with E-state index in [9.17, 15) is 9.59 Å². The van der Waals surface area contributed by atoms with Crippen molar-refractivity contribution in [1.82, 2.24) is 14.5 Å².